The van der Waals surface area contributed by atoms with E-state index in [9.17, 15) is 0 Å². The lowest BCUT2D eigenvalue weighted by molar-refractivity contribution is -0.000396. The fourth-order valence-electron chi connectivity index (χ4n) is 5.86. The lowest BCUT2D eigenvalue weighted by atomic mass is 9.66. The van der Waals surface area contributed by atoms with Crippen LogP contribution in [0.25, 0.3) is 11.3 Å². The molecule has 1 aromatic carbocycles. The Morgan fingerprint density at radius 1 is 1.10 bits per heavy atom. The van der Waals surface area contributed by atoms with Crippen molar-refractivity contribution >= 4 is 11.3 Å². The Kier molecular flexibility index (Phi) is 5.63. The molecule has 164 valence electrons. The SMILES string of the molecule is CCC=CC(C)C1CC=C(N)c2ccc(C3=C(C)C(C)(C)C(C)(F)C3(C)C)c(C)c21. The van der Waals surface area contributed by atoms with E-state index in [-0.39, 0.29) is 0 Å². The number of benzene rings is 1. The third kappa shape index (κ3) is 3.01. The summed E-state index contributed by atoms with van der Waals surface area (Å²) in [5.74, 6) is 0.821. The topological polar surface area (TPSA) is 26.0 Å². The van der Waals surface area contributed by atoms with Crippen LogP contribution in [0.15, 0.2) is 35.9 Å². The molecule has 0 saturated carbocycles. The van der Waals surface area contributed by atoms with Gasteiger partial charge in [0.2, 0.25) is 0 Å². The van der Waals surface area contributed by atoms with Gasteiger partial charge in [-0.25, -0.2) is 4.39 Å². The van der Waals surface area contributed by atoms with Gasteiger partial charge in [-0.2, -0.15) is 0 Å². The highest BCUT2D eigenvalue weighted by Crippen LogP contribution is 2.64. The summed E-state index contributed by atoms with van der Waals surface area (Å²) in [6.45, 7) is 18.8. The Labute approximate surface area is 183 Å². The van der Waals surface area contributed by atoms with Crippen LogP contribution in [-0.2, 0) is 0 Å². The summed E-state index contributed by atoms with van der Waals surface area (Å²) >= 11 is 0. The third-order valence-electron chi connectivity index (χ3n) is 8.65. The first-order valence-corrected chi connectivity index (χ1v) is 11.5. The first-order valence-electron chi connectivity index (χ1n) is 11.5. The molecule has 0 fully saturated rings. The van der Waals surface area contributed by atoms with Gasteiger partial charge < -0.3 is 5.73 Å². The number of hydrogen-bond acceptors (Lipinski definition) is 1. The van der Waals surface area contributed by atoms with Crippen LogP contribution in [0.4, 0.5) is 4.39 Å². The molecule has 0 saturated heterocycles. The summed E-state index contributed by atoms with van der Waals surface area (Å²) in [5.41, 5.74) is 12.2. The van der Waals surface area contributed by atoms with Gasteiger partial charge in [0.1, 0.15) is 5.67 Å². The summed E-state index contributed by atoms with van der Waals surface area (Å²) in [7, 11) is 0. The quantitative estimate of drug-likeness (QED) is 0.502. The Morgan fingerprint density at radius 2 is 1.70 bits per heavy atom. The first-order chi connectivity index (χ1) is 13.8. The summed E-state index contributed by atoms with van der Waals surface area (Å²) in [6, 6.07) is 4.35. The number of halogens is 1. The van der Waals surface area contributed by atoms with E-state index in [1.165, 1.54) is 22.3 Å². The molecule has 2 aliphatic rings. The number of allylic oxidation sites excluding steroid dienone is 5. The molecule has 0 amide bonds. The Bertz CT molecular complexity index is 940. The molecule has 2 N–H and O–H groups in total. The zero-order valence-electron chi connectivity index (χ0n) is 20.4. The minimum absolute atomic E-state index is 0.394. The van der Waals surface area contributed by atoms with Crippen LogP contribution in [0.1, 0.15) is 96.4 Å². The van der Waals surface area contributed by atoms with Gasteiger partial charge in [0.15, 0.2) is 0 Å². The zero-order valence-corrected chi connectivity index (χ0v) is 20.4. The number of rotatable bonds is 4. The molecule has 0 bridgehead atoms. The molecule has 0 aromatic heterocycles. The standard InChI is InChI=1S/C28H40FN/c1-10-11-12-17(2)20-15-16-23(30)22-14-13-21(18(3)24(20)22)25-19(4)26(5,6)28(9,29)27(25,7)8/h11-14,16-17,20H,10,15,30H2,1-9H3. The molecule has 3 unspecified atom stereocenters. The molecule has 30 heavy (non-hydrogen) atoms. The molecular weight excluding hydrogens is 369 g/mol. The van der Waals surface area contributed by atoms with E-state index in [1.807, 2.05) is 13.8 Å². The van der Waals surface area contributed by atoms with Gasteiger partial charge in [-0.15, -0.1) is 0 Å². The van der Waals surface area contributed by atoms with Crippen molar-refractivity contribution in [2.24, 2.45) is 22.5 Å². The van der Waals surface area contributed by atoms with E-state index in [2.05, 4.69) is 71.9 Å². The Balaban J connectivity index is 2.25. The van der Waals surface area contributed by atoms with Crippen molar-refractivity contribution in [2.45, 2.75) is 86.7 Å². The van der Waals surface area contributed by atoms with E-state index in [1.54, 1.807) is 6.92 Å². The second kappa shape index (κ2) is 7.39. The van der Waals surface area contributed by atoms with E-state index in [4.69, 9.17) is 5.73 Å². The highest BCUT2D eigenvalue weighted by molar-refractivity contribution is 5.83. The predicted octanol–water partition coefficient (Wildman–Crippen LogP) is 7.95. The molecule has 2 heteroatoms. The van der Waals surface area contributed by atoms with Gasteiger partial charge in [0.25, 0.3) is 0 Å². The normalized spacial score (nSPS) is 28.6. The molecule has 1 aromatic rings. The first kappa shape index (κ1) is 22.8. The summed E-state index contributed by atoms with van der Waals surface area (Å²) in [4.78, 5) is 0. The van der Waals surface area contributed by atoms with Crippen molar-refractivity contribution < 1.29 is 4.39 Å². The second-order valence-corrected chi connectivity index (χ2v) is 10.6. The smallest absolute Gasteiger partial charge is 0.126 e. The van der Waals surface area contributed by atoms with Crippen molar-refractivity contribution in [3.8, 4) is 0 Å². The van der Waals surface area contributed by atoms with Crippen molar-refractivity contribution in [2.75, 3.05) is 0 Å². The van der Waals surface area contributed by atoms with Gasteiger partial charge >= 0.3 is 0 Å². The van der Waals surface area contributed by atoms with E-state index < -0.39 is 16.5 Å². The van der Waals surface area contributed by atoms with Crippen molar-refractivity contribution in [3.63, 3.8) is 0 Å². The lowest BCUT2D eigenvalue weighted by Crippen LogP contribution is -2.44. The predicted molar refractivity (Wildman–Crippen MR) is 129 cm³/mol. The maximum absolute atomic E-state index is 16.2. The number of nitrogens with two attached hydrogens (primary N) is 1. The highest BCUT2D eigenvalue weighted by Gasteiger charge is 2.61. The third-order valence-corrected chi connectivity index (χ3v) is 8.65. The minimum Gasteiger partial charge on any atom is -0.398 e. The molecule has 3 rings (SSSR count). The van der Waals surface area contributed by atoms with E-state index in [0.29, 0.717) is 11.8 Å². The number of fused-ring (bicyclic) bond motifs is 1. The highest BCUT2D eigenvalue weighted by atomic mass is 19.1. The molecule has 0 spiro atoms. The second-order valence-electron chi connectivity index (χ2n) is 10.6. The maximum atomic E-state index is 16.2. The van der Waals surface area contributed by atoms with Gasteiger partial charge in [-0.05, 0) is 67.7 Å². The largest absolute Gasteiger partial charge is 0.398 e. The average molecular weight is 410 g/mol. The molecule has 0 aliphatic heterocycles. The van der Waals surface area contributed by atoms with E-state index >= 15 is 4.39 Å². The van der Waals surface area contributed by atoms with Crippen LogP contribution >= 0.6 is 0 Å². The van der Waals surface area contributed by atoms with Crippen LogP contribution in [0.2, 0.25) is 0 Å². The van der Waals surface area contributed by atoms with Gasteiger partial charge in [-0.3, -0.25) is 0 Å². The molecule has 0 radical (unpaired) electrons. The van der Waals surface area contributed by atoms with Crippen LogP contribution in [0.5, 0.6) is 0 Å². The van der Waals surface area contributed by atoms with Crippen molar-refractivity contribution in [1.82, 2.24) is 0 Å². The van der Waals surface area contributed by atoms with Crippen molar-refractivity contribution in [3.05, 3.63) is 58.2 Å². The number of hydrogen-bond donors (Lipinski definition) is 1. The summed E-state index contributed by atoms with van der Waals surface area (Å²) in [5, 5.41) is 0. The molecule has 1 nitrogen and oxygen atoms in total. The minimum atomic E-state index is -1.32. The number of alkyl halides is 1. The molecule has 0 heterocycles. The molecule has 3 atom stereocenters. The molecule has 2 aliphatic carbocycles. The zero-order chi connectivity index (χ0) is 22.6. The van der Waals surface area contributed by atoms with E-state index in [0.717, 1.165) is 29.7 Å². The Hall–Kier alpha value is -1.83. The average Bonchev–Trinajstić information content (AvgIpc) is 2.76. The molecular formula is C28H40FN. The monoisotopic (exact) mass is 409 g/mol. The van der Waals surface area contributed by atoms with Crippen LogP contribution < -0.4 is 5.73 Å². The summed E-state index contributed by atoms with van der Waals surface area (Å²) < 4.78 is 16.2. The fraction of sp³-hybridized carbons (Fsp3) is 0.571. The van der Waals surface area contributed by atoms with Crippen LogP contribution in [0.3, 0.4) is 0 Å². The van der Waals surface area contributed by atoms with Crippen LogP contribution in [-0.4, -0.2) is 5.67 Å². The fourth-order valence-corrected chi connectivity index (χ4v) is 5.86. The summed E-state index contributed by atoms with van der Waals surface area (Å²) in [6.07, 6.45) is 8.77. The lowest BCUT2D eigenvalue weighted by Gasteiger charge is -2.42. The van der Waals surface area contributed by atoms with Crippen molar-refractivity contribution in [1.29, 1.82) is 0 Å². The van der Waals surface area contributed by atoms with Crippen LogP contribution in [0, 0.1) is 23.7 Å². The maximum Gasteiger partial charge on any atom is 0.126 e. The van der Waals surface area contributed by atoms with Gasteiger partial charge in [-0.1, -0.05) is 77.5 Å². The Morgan fingerprint density at radius 3 is 2.23 bits per heavy atom. The van der Waals surface area contributed by atoms with Gasteiger partial charge in [0, 0.05) is 22.1 Å². The van der Waals surface area contributed by atoms with Gasteiger partial charge in [0.05, 0.1) is 0 Å².